The summed E-state index contributed by atoms with van der Waals surface area (Å²) in [6.45, 7) is 11.5. The number of fused-ring (bicyclic) bond motifs is 8. The fraction of sp³-hybridized carbons (Fsp3) is 0.500. The molecule has 9 rings (SSSR count). The van der Waals surface area contributed by atoms with Crippen molar-refractivity contribution < 1.29 is 19.2 Å². The number of amides is 8. The van der Waals surface area contributed by atoms with Gasteiger partial charge in [-0.1, -0.05) is 307 Å². The van der Waals surface area contributed by atoms with E-state index in [2.05, 4.69) is 129 Å². The molecule has 16 nitrogen and oxygen atoms in total. The van der Waals surface area contributed by atoms with Crippen LogP contribution in [0.1, 0.15) is 307 Å². The topological polar surface area (TPSA) is 222 Å². The number of unbranched alkanes of at least 4 members (excludes halogenated alkanes) is 36. The Labute approximate surface area is 670 Å². The van der Waals surface area contributed by atoms with Crippen molar-refractivity contribution in [1.29, 1.82) is 0 Å². The molecule has 8 amide bonds. The summed E-state index contributed by atoms with van der Waals surface area (Å²) in [7, 11) is 0. The molecular weight excluding hydrogens is 1390 g/mol. The zero-order chi connectivity index (χ0) is 78.4. The first-order valence-electron chi connectivity index (χ1n) is 43.9. The van der Waals surface area contributed by atoms with Gasteiger partial charge < -0.3 is 52.5 Å². The summed E-state index contributed by atoms with van der Waals surface area (Å²) in [6.07, 6.45) is 57.5. The number of rotatable bonds is 52. The van der Waals surface area contributed by atoms with Crippen molar-refractivity contribution in [2.24, 2.45) is 0 Å². The molecule has 602 valence electrons. The molecular formula is C96H134N12O4. The highest BCUT2D eigenvalue weighted by atomic mass is 16.2. The van der Waals surface area contributed by atoms with E-state index in [9.17, 15) is 19.2 Å². The Morgan fingerprint density at radius 3 is 0.580 bits per heavy atom. The molecule has 10 N–H and O–H groups in total. The van der Waals surface area contributed by atoms with E-state index in [4.69, 9.17) is 9.97 Å². The number of anilines is 4. The van der Waals surface area contributed by atoms with Crippen molar-refractivity contribution in [2.45, 2.75) is 285 Å². The van der Waals surface area contributed by atoms with Crippen LogP contribution in [0.15, 0.2) is 121 Å². The molecule has 2 aliphatic heterocycles. The number of H-pyrrole nitrogens is 2. The van der Waals surface area contributed by atoms with Crippen molar-refractivity contribution in [2.75, 3.05) is 47.4 Å². The Bertz CT molecular complexity index is 3650. The van der Waals surface area contributed by atoms with Crippen LogP contribution < -0.4 is 42.5 Å². The van der Waals surface area contributed by atoms with Gasteiger partial charge in [0.25, 0.3) is 0 Å². The van der Waals surface area contributed by atoms with E-state index in [0.717, 1.165) is 141 Å². The first-order valence-corrected chi connectivity index (χ1v) is 43.9. The van der Waals surface area contributed by atoms with Crippen LogP contribution in [-0.2, 0) is 0 Å². The lowest BCUT2D eigenvalue weighted by Gasteiger charge is -2.10. The maximum absolute atomic E-state index is 13.4. The van der Waals surface area contributed by atoms with Crippen LogP contribution in [0.2, 0.25) is 0 Å². The molecule has 0 fully saturated rings. The fourth-order valence-electron chi connectivity index (χ4n) is 15.3. The Morgan fingerprint density at radius 1 is 0.232 bits per heavy atom. The lowest BCUT2D eigenvalue weighted by molar-refractivity contribution is 0.251. The van der Waals surface area contributed by atoms with Crippen LogP contribution in [0.25, 0.3) is 90.9 Å². The smallest absolute Gasteiger partial charge is 0.319 e. The largest absolute Gasteiger partial charge is 0.354 e. The van der Waals surface area contributed by atoms with Crippen LogP contribution in [0.4, 0.5) is 41.9 Å². The molecule has 0 saturated heterocycles. The molecule has 8 bridgehead atoms. The predicted octanol–water partition coefficient (Wildman–Crippen LogP) is 27.5. The Hall–Kier alpha value is -9.44. The number of benzene rings is 4. The van der Waals surface area contributed by atoms with Gasteiger partial charge in [-0.2, -0.15) is 0 Å². The van der Waals surface area contributed by atoms with Gasteiger partial charge in [0.05, 0.1) is 22.8 Å². The van der Waals surface area contributed by atoms with E-state index in [0.29, 0.717) is 48.9 Å². The van der Waals surface area contributed by atoms with E-state index >= 15 is 0 Å². The highest BCUT2D eigenvalue weighted by Gasteiger charge is 2.21. The normalized spacial score (nSPS) is 11.6. The third-order valence-electron chi connectivity index (χ3n) is 21.7. The number of nitrogens with zero attached hydrogens (tertiary/aromatic N) is 2. The van der Waals surface area contributed by atoms with Crippen LogP contribution in [0, 0.1) is 0 Å². The highest BCUT2D eigenvalue weighted by molar-refractivity contribution is 6.01. The van der Waals surface area contributed by atoms with Gasteiger partial charge in [-0.15, -0.1) is 0 Å². The van der Waals surface area contributed by atoms with Crippen molar-refractivity contribution in [3.8, 4) is 44.5 Å². The van der Waals surface area contributed by atoms with Crippen molar-refractivity contribution >= 4 is 93.2 Å². The number of carbonyl (C=O) groups is 4. The van der Waals surface area contributed by atoms with Crippen molar-refractivity contribution in [3.05, 3.63) is 144 Å². The maximum atomic E-state index is 13.4. The van der Waals surface area contributed by atoms with Crippen LogP contribution in [0.3, 0.4) is 0 Å². The SMILES string of the molecule is CCCCCCCCCCCCNC(=O)Nc1ccc(-c2c3nc(c(-c4ccc(NC(=O)NCCCCCCCCCCCC)cc4)c4ccc([nH]4)c(-c4ccc(NC(=O)NCCCCCCCCCCCC)cc4)c4nc(c(-c5ccc(NC(=O)NCCCCCCCCCCCC)cc5)c5ccc2[nH]5)C=C4)C=C3)cc1. The second kappa shape index (κ2) is 50.5. The van der Waals surface area contributed by atoms with Crippen molar-refractivity contribution in [1.82, 2.24) is 41.2 Å². The molecule has 7 aromatic rings. The number of carbonyl (C=O) groups excluding carboxylic acids is 4. The molecule has 0 unspecified atom stereocenters. The lowest BCUT2D eigenvalue weighted by atomic mass is 10.0. The van der Waals surface area contributed by atoms with Gasteiger partial charge in [0.2, 0.25) is 0 Å². The van der Waals surface area contributed by atoms with E-state index in [1.165, 1.54) is 205 Å². The highest BCUT2D eigenvalue weighted by Crippen LogP contribution is 2.40. The Morgan fingerprint density at radius 2 is 0.402 bits per heavy atom. The van der Waals surface area contributed by atoms with Crippen LogP contribution in [0.5, 0.6) is 0 Å². The molecule has 2 aliphatic rings. The minimum atomic E-state index is -0.232. The van der Waals surface area contributed by atoms with Crippen LogP contribution >= 0.6 is 0 Å². The number of urea groups is 4. The summed E-state index contributed by atoms with van der Waals surface area (Å²) in [5.41, 5.74) is 15.7. The number of aromatic amines is 2. The second-order valence-corrected chi connectivity index (χ2v) is 31.1. The fourth-order valence-corrected chi connectivity index (χ4v) is 15.3. The van der Waals surface area contributed by atoms with E-state index < -0.39 is 0 Å². The van der Waals surface area contributed by atoms with Gasteiger partial charge in [0, 0.05) is 93.2 Å². The molecule has 16 heteroatoms. The summed E-state index contributed by atoms with van der Waals surface area (Å²) in [6, 6.07) is 39.2. The summed E-state index contributed by atoms with van der Waals surface area (Å²) in [5, 5.41) is 24.7. The Balaban J connectivity index is 1.04. The minimum Gasteiger partial charge on any atom is -0.354 e. The number of hydrogen-bond acceptors (Lipinski definition) is 6. The molecule has 5 heterocycles. The average molecular weight is 1520 g/mol. The van der Waals surface area contributed by atoms with Gasteiger partial charge in [-0.05, 0) is 145 Å². The molecule has 3 aromatic heterocycles. The molecule has 0 atom stereocenters. The molecule has 0 spiro atoms. The Kier molecular flexibility index (Phi) is 39.0. The predicted molar refractivity (Wildman–Crippen MR) is 476 cm³/mol. The summed E-state index contributed by atoms with van der Waals surface area (Å²) < 4.78 is 0. The molecule has 0 radical (unpaired) electrons. The number of nitrogens with one attached hydrogen (secondary N) is 10. The zero-order valence-electron chi connectivity index (χ0n) is 68.5. The van der Waals surface area contributed by atoms with Gasteiger partial charge >= 0.3 is 24.1 Å². The van der Waals surface area contributed by atoms with E-state index in [1.54, 1.807) is 0 Å². The standard InChI is InChI=1S/C96H134N12O4/c1-5-9-13-17-21-25-29-33-37-41-69-97-93(109)101-77-53-45-73(46-54-77)89-81-61-63-83(105-81)90(74-47-55-78(56-48-74)102-94(110)98-70-42-38-34-30-26-22-18-14-10-6-2)85-65-67-87(107-85)92(76-51-59-80(60-52-76)104-96(112)100-72-44-40-36-32-28-24-20-16-12-8-4)88-68-66-86(108-88)91(84-64-62-82(89)106-84)75-49-57-79(58-50-75)103-95(111)99-71-43-39-35-31-27-23-19-15-11-7-3/h45-68,105,108H,5-44,69-72H2,1-4H3,(H2,97,101,109)(H2,98,102,110)(H2,99,103,111)(H2,100,104,112). The molecule has 4 aromatic carbocycles. The number of aromatic nitrogens is 4. The maximum Gasteiger partial charge on any atom is 0.319 e. The quantitative estimate of drug-likeness (QED) is 0.0167. The van der Waals surface area contributed by atoms with E-state index in [1.807, 2.05) is 97.1 Å². The zero-order valence-corrected chi connectivity index (χ0v) is 68.5. The average Bonchev–Trinajstić information content (AvgIpc) is 1.61. The third-order valence-corrected chi connectivity index (χ3v) is 21.7. The summed E-state index contributed by atoms with van der Waals surface area (Å²) in [4.78, 5) is 72.4. The summed E-state index contributed by atoms with van der Waals surface area (Å²) >= 11 is 0. The molecule has 112 heavy (non-hydrogen) atoms. The van der Waals surface area contributed by atoms with Gasteiger partial charge in [-0.3, -0.25) is 0 Å². The van der Waals surface area contributed by atoms with Crippen molar-refractivity contribution in [3.63, 3.8) is 0 Å². The molecule has 0 aliphatic carbocycles. The van der Waals surface area contributed by atoms with E-state index in [-0.39, 0.29) is 24.1 Å². The minimum absolute atomic E-state index is 0.232. The van der Waals surface area contributed by atoms with Gasteiger partial charge in [0.15, 0.2) is 0 Å². The third kappa shape index (κ3) is 29.9. The number of hydrogen-bond donors (Lipinski definition) is 10. The lowest BCUT2D eigenvalue weighted by Crippen LogP contribution is -2.29. The second-order valence-electron chi connectivity index (χ2n) is 31.1. The molecule has 0 saturated carbocycles. The summed E-state index contributed by atoms with van der Waals surface area (Å²) in [5.74, 6) is 0. The first kappa shape index (κ1) is 86.5. The monoisotopic (exact) mass is 1520 g/mol. The van der Waals surface area contributed by atoms with Gasteiger partial charge in [0.1, 0.15) is 0 Å². The van der Waals surface area contributed by atoms with Crippen LogP contribution in [-0.4, -0.2) is 70.2 Å². The van der Waals surface area contributed by atoms with Gasteiger partial charge in [-0.25, -0.2) is 29.1 Å². The first-order chi connectivity index (χ1) is 55.1.